The van der Waals surface area contributed by atoms with Gasteiger partial charge in [0.1, 0.15) is 22.3 Å². The zero-order valence-corrected chi connectivity index (χ0v) is 26.7. The molecule has 5 heteroatoms. The Morgan fingerprint density at radius 2 is 0.760 bits per heavy atom. The van der Waals surface area contributed by atoms with Gasteiger partial charge in [-0.2, -0.15) is 0 Å². The molecule has 234 valence electrons. The van der Waals surface area contributed by atoms with Gasteiger partial charge in [-0.1, -0.05) is 133 Å². The third kappa shape index (κ3) is 4.67. The summed E-state index contributed by atoms with van der Waals surface area (Å²) in [6, 6.07) is 55.8. The van der Waals surface area contributed by atoms with Crippen molar-refractivity contribution in [1.29, 1.82) is 0 Å². The van der Waals surface area contributed by atoms with Crippen LogP contribution in [0.3, 0.4) is 0 Å². The van der Waals surface area contributed by atoms with Crippen molar-refractivity contribution in [3.05, 3.63) is 164 Å². The maximum atomic E-state index is 6.20. The molecule has 0 bridgehead atoms. The van der Waals surface area contributed by atoms with E-state index >= 15 is 0 Å². The highest BCUT2D eigenvalue weighted by atomic mass is 16.3. The van der Waals surface area contributed by atoms with Crippen molar-refractivity contribution in [1.82, 2.24) is 15.0 Å². The van der Waals surface area contributed by atoms with Crippen LogP contribution in [0.4, 0.5) is 0 Å². The van der Waals surface area contributed by atoms with Crippen LogP contribution < -0.4 is 0 Å². The average Bonchev–Trinajstić information content (AvgIpc) is 3.77. The van der Waals surface area contributed by atoms with Crippen molar-refractivity contribution < 1.29 is 8.83 Å². The molecule has 0 aliphatic rings. The van der Waals surface area contributed by atoms with Gasteiger partial charge in [0.25, 0.3) is 0 Å². The van der Waals surface area contributed by atoms with Gasteiger partial charge in [0.2, 0.25) is 0 Å². The van der Waals surface area contributed by atoms with Crippen molar-refractivity contribution in [2.45, 2.75) is 0 Å². The standard InChI is InChI=1S/C45H27N3O2/c1-2-11-29(12-3-1)43-46-44(48-45(47-43)36-18-10-22-40-42(36)35-16-5-7-20-38(35)50-40)30-25-23-28(24-26-30)31-13-8-14-32(27-31)33-17-9-21-39-41(33)34-15-4-6-19-37(34)49-39/h1-27H. The lowest BCUT2D eigenvalue weighted by molar-refractivity contribution is 0.668. The van der Waals surface area contributed by atoms with Crippen LogP contribution in [0.15, 0.2) is 173 Å². The summed E-state index contributed by atoms with van der Waals surface area (Å²) >= 11 is 0. The summed E-state index contributed by atoms with van der Waals surface area (Å²) in [4.78, 5) is 15.1. The summed E-state index contributed by atoms with van der Waals surface area (Å²) in [5, 5.41) is 4.28. The van der Waals surface area contributed by atoms with Crippen LogP contribution in [-0.2, 0) is 0 Å². The number of fused-ring (bicyclic) bond motifs is 6. The van der Waals surface area contributed by atoms with Crippen molar-refractivity contribution >= 4 is 43.9 Å². The van der Waals surface area contributed by atoms with E-state index in [1.807, 2.05) is 78.9 Å². The van der Waals surface area contributed by atoms with Gasteiger partial charge < -0.3 is 8.83 Å². The Morgan fingerprint density at radius 3 is 1.44 bits per heavy atom. The summed E-state index contributed by atoms with van der Waals surface area (Å²) in [6.45, 7) is 0. The number of benzene rings is 7. The lowest BCUT2D eigenvalue weighted by Gasteiger charge is -2.10. The smallest absolute Gasteiger partial charge is 0.164 e. The molecular weight excluding hydrogens is 615 g/mol. The van der Waals surface area contributed by atoms with E-state index in [1.54, 1.807) is 0 Å². The molecule has 5 nitrogen and oxygen atoms in total. The molecule has 10 aromatic rings. The molecule has 0 aliphatic heterocycles. The molecule has 0 saturated heterocycles. The van der Waals surface area contributed by atoms with E-state index in [1.165, 1.54) is 0 Å². The number of hydrogen-bond acceptors (Lipinski definition) is 5. The third-order valence-corrected chi connectivity index (χ3v) is 9.36. The minimum Gasteiger partial charge on any atom is -0.456 e. The molecule has 3 heterocycles. The van der Waals surface area contributed by atoms with Gasteiger partial charge >= 0.3 is 0 Å². The van der Waals surface area contributed by atoms with Crippen LogP contribution in [0, 0.1) is 0 Å². The fourth-order valence-electron chi connectivity index (χ4n) is 7.00. The zero-order valence-electron chi connectivity index (χ0n) is 26.7. The predicted octanol–water partition coefficient (Wildman–Crippen LogP) is 12.0. The number of nitrogens with zero attached hydrogens (tertiary/aromatic N) is 3. The van der Waals surface area contributed by atoms with Crippen LogP contribution in [0.1, 0.15) is 0 Å². The number of aromatic nitrogens is 3. The first kappa shape index (κ1) is 28.2. The molecule has 0 aliphatic carbocycles. The number of hydrogen-bond donors (Lipinski definition) is 0. The number of para-hydroxylation sites is 2. The number of rotatable bonds is 5. The second-order valence-electron chi connectivity index (χ2n) is 12.4. The SMILES string of the molecule is c1ccc(-c2nc(-c3ccc(-c4cccc(-c5cccc6oc7ccccc7c56)c4)cc3)nc(-c3cccc4oc5ccccc5c34)n2)cc1. The molecule has 50 heavy (non-hydrogen) atoms. The zero-order chi connectivity index (χ0) is 33.0. The first-order chi connectivity index (χ1) is 24.8. The molecule has 0 atom stereocenters. The van der Waals surface area contributed by atoms with Crippen LogP contribution >= 0.6 is 0 Å². The number of furan rings is 2. The molecule has 0 radical (unpaired) electrons. The quantitative estimate of drug-likeness (QED) is 0.187. The third-order valence-electron chi connectivity index (χ3n) is 9.36. The van der Waals surface area contributed by atoms with Crippen LogP contribution in [-0.4, -0.2) is 15.0 Å². The summed E-state index contributed by atoms with van der Waals surface area (Å²) in [7, 11) is 0. The Bertz CT molecular complexity index is 2870. The molecular formula is C45H27N3O2. The maximum Gasteiger partial charge on any atom is 0.164 e. The molecule has 3 aromatic heterocycles. The van der Waals surface area contributed by atoms with Gasteiger partial charge in [0, 0.05) is 38.2 Å². The lowest BCUT2D eigenvalue weighted by atomic mass is 9.95. The molecule has 10 rings (SSSR count). The molecule has 7 aromatic carbocycles. The molecule has 0 N–H and O–H groups in total. The van der Waals surface area contributed by atoms with Crippen LogP contribution in [0.2, 0.25) is 0 Å². The maximum absolute atomic E-state index is 6.20. The summed E-state index contributed by atoms with van der Waals surface area (Å²) in [5.74, 6) is 1.83. The van der Waals surface area contributed by atoms with E-state index in [-0.39, 0.29) is 0 Å². The fourth-order valence-corrected chi connectivity index (χ4v) is 7.00. The van der Waals surface area contributed by atoms with E-state index < -0.39 is 0 Å². The Hall–Kier alpha value is -6.85. The van der Waals surface area contributed by atoms with Crippen LogP contribution in [0.25, 0.3) is 100 Å². The molecule has 0 fully saturated rings. The van der Waals surface area contributed by atoms with E-state index in [0.29, 0.717) is 17.5 Å². The van der Waals surface area contributed by atoms with Gasteiger partial charge in [-0.05, 0) is 52.6 Å². The van der Waals surface area contributed by atoms with Gasteiger partial charge in [0.15, 0.2) is 17.5 Å². The Labute approximate surface area is 287 Å². The second kappa shape index (κ2) is 11.4. The van der Waals surface area contributed by atoms with E-state index in [9.17, 15) is 0 Å². The van der Waals surface area contributed by atoms with Crippen molar-refractivity contribution in [3.8, 4) is 56.4 Å². The second-order valence-corrected chi connectivity index (χ2v) is 12.4. The minimum atomic E-state index is 0.601. The van der Waals surface area contributed by atoms with Gasteiger partial charge in [-0.15, -0.1) is 0 Å². The normalized spacial score (nSPS) is 11.6. The molecule has 0 spiro atoms. The fraction of sp³-hybridized carbons (Fsp3) is 0. The lowest BCUT2D eigenvalue weighted by Crippen LogP contribution is -2.00. The topological polar surface area (TPSA) is 65.0 Å². The highest BCUT2D eigenvalue weighted by Crippen LogP contribution is 2.39. The summed E-state index contributed by atoms with van der Waals surface area (Å²) in [6.07, 6.45) is 0. The monoisotopic (exact) mass is 641 g/mol. The predicted molar refractivity (Wildman–Crippen MR) is 202 cm³/mol. The Balaban J connectivity index is 1.07. The highest BCUT2D eigenvalue weighted by molar-refractivity contribution is 6.13. The summed E-state index contributed by atoms with van der Waals surface area (Å²) in [5.41, 5.74) is 10.7. The Kier molecular flexibility index (Phi) is 6.42. The largest absolute Gasteiger partial charge is 0.456 e. The van der Waals surface area contributed by atoms with Gasteiger partial charge in [0.05, 0.1) is 0 Å². The van der Waals surface area contributed by atoms with Crippen molar-refractivity contribution in [3.63, 3.8) is 0 Å². The minimum absolute atomic E-state index is 0.601. The van der Waals surface area contributed by atoms with Crippen molar-refractivity contribution in [2.75, 3.05) is 0 Å². The highest BCUT2D eigenvalue weighted by Gasteiger charge is 2.18. The Morgan fingerprint density at radius 1 is 0.300 bits per heavy atom. The first-order valence-corrected chi connectivity index (χ1v) is 16.6. The summed E-state index contributed by atoms with van der Waals surface area (Å²) < 4.78 is 12.4. The first-order valence-electron chi connectivity index (χ1n) is 16.6. The van der Waals surface area contributed by atoms with Gasteiger partial charge in [-0.25, -0.2) is 15.0 Å². The molecule has 0 saturated carbocycles. The van der Waals surface area contributed by atoms with E-state index in [0.717, 1.165) is 82.8 Å². The van der Waals surface area contributed by atoms with Gasteiger partial charge in [-0.3, -0.25) is 0 Å². The van der Waals surface area contributed by atoms with Crippen LogP contribution in [0.5, 0.6) is 0 Å². The molecule has 0 unspecified atom stereocenters. The molecule has 0 amide bonds. The van der Waals surface area contributed by atoms with E-state index in [2.05, 4.69) is 84.9 Å². The van der Waals surface area contributed by atoms with Crippen molar-refractivity contribution in [2.24, 2.45) is 0 Å². The average molecular weight is 642 g/mol. The van der Waals surface area contributed by atoms with E-state index in [4.69, 9.17) is 23.8 Å².